The number of benzene rings is 4. The van der Waals surface area contributed by atoms with E-state index in [0.717, 1.165) is 16.8 Å². The van der Waals surface area contributed by atoms with Gasteiger partial charge in [0.25, 0.3) is 0 Å². The first-order valence-electron chi connectivity index (χ1n) is 10.7. The van der Waals surface area contributed by atoms with E-state index in [1.165, 1.54) is 32.9 Å². The summed E-state index contributed by atoms with van der Waals surface area (Å²) < 4.78 is 8.31. The highest BCUT2D eigenvalue weighted by atomic mass is 16.4. The predicted molar refractivity (Wildman–Crippen MR) is 129 cm³/mol. The van der Waals surface area contributed by atoms with E-state index in [1.807, 2.05) is 42.5 Å². The summed E-state index contributed by atoms with van der Waals surface area (Å²) in [6.45, 7) is 4.28. The number of aryl methyl sites for hydroxylation is 2. The van der Waals surface area contributed by atoms with Gasteiger partial charge in [-0.1, -0.05) is 47.5 Å². The van der Waals surface area contributed by atoms with Gasteiger partial charge in [-0.05, 0) is 68.4 Å². The Morgan fingerprint density at radius 2 is 1.19 bits per heavy atom. The largest absolute Gasteiger partial charge is 0.416 e. The Bertz CT molecular complexity index is 1530. The Morgan fingerprint density at radius 3 is 1.84 bits per heavy atom. The highest BCUT2D eigenvalue weighted by Crippen LogP contribution is 2.34. The molecule has 154 valence electrons. The summed E-state index contributed by atoms with van der Waals surface area (Å²) in [5, 5.41) is 11.1. The second-order valence-electron chi connectivity index (χ2n) is 8.21. The van der Waals surface area contributed by atoms with Crippen molar-refractivity contribution in [2.24, 2.45) is 0 Å². The van der Waals surface area contributed by atoms with E-state index in [-0.39, 0.29) is 0 Å². The lowest BCUT2D eigenvalue weighted by molar-refractivity contribution is 0.584. The molecule has 0 N–H and O–H groups in total. The number of nitrogens with zero attached hydrogens (tertiary/aromatic N) is 3. The molecule has 0 saturated carbocycles. The van der Waals surface area contributed by atoms with Crippen LogP contribution in [0.4, 0.5) is 0 Å². The zero-order valence-corrected chi connectivity index (χ0v) is 17.9. The van der Waals surface area contributed by atoms with E-state index in [0.29, 0.717) is 11.8 Å². The molecule has 0 aliphatic carbocycles. The summed E-state index contributed by atoms with van der Waals surface area (Å²) in [6.07, 6.45) is 0. The molecule has 0 atom stereocenters. The van der Waals surface area contributed by atoms with Gasteiger partial charge in [-0.15, -0.1) is 10.2 Å². The van der Waals surface area contributed by atoms with Gasteiger partial charge >= 0.3 is 0 Å². The summed E-state index contributed by atoms with van der Waals surface area (Å²) in [5.74, 6) is 1.03. The smallest absolute Gasteiger partial charge is 0.248 e. The molecule has 32 heavy (non-hydrogen) atoms. The molecule has 4 heteroatoms. The number of rotatable bonds is 3. The molecular weight excluding hydrogens is 394 g/mol. The van der Waals surface area contributed by atoms with Gasteiger partial charge in [0, 0.05) is 27.6 Å². The van der Waals surface area contributed by atoms with E-state index in [4.69, 9.17) is 4.42 Å². The molecule has 0 saturated heterocycles. The third-order valence-electron chi connectivity index (χ3n) is 5.87. The van der Waals surface area contributed by atoms with Gasteiger partial charge in [0.05, 0.1) is 11.0 Å². The topological polar surface area (TPSA) is 43.9 Å². The van der Waals surface area contributed by atoms with Crippen LogP contribution >= 0.6 is 0 Å². The molecule has 0 bridgehead atoms. The van der Waals surface area contributed by atoms with E-state index < -0.39 is 0 Å². The molecule has 0 amide bonds. The van der Waals surface area contributed by atoms with Crippen LogP contribution in [-0.2, 0) is 0 Å². The molecule has 0 aliphatic heterocycles. The lowest BCUT2D eigenvalue weighted by atomic mass is 10.1. The fourth-order valence-corrected chi connectivity index (χ4v) is 4.34. The Hall–Kier alpha value is -4.18. The minimum atomic E-state index is 0.512. The van der Waals surface area contributed by atoms with Crippen molar-refractivity contribution in [3.05, 3.63) is 102 Å². The number of hydrogen-bond donors (Lipinski definition) is 0. The maximum Gasteiger partial charge on any atom is 0.248 e. The van der Waals surface area contributed by atoms with Crippen LogP contribution in [0.1, 0.15) is 11.1 Å². The molecule has 6 aromatic rings. The maximum absolute atomic E-state index is 6.00. The summed E-state index contributed by atoms with van der Waals surface area (Å²) >= 11 is 0. The number of hydrogen-bond acceptors (Lipinski definition) is 3. The Balaban J connectivity index is 1.52. The molecule has 4 aromatic carbocycles. The van der Waals surface area contributed by atoms with Crippen LogP contribution in [0.2, 0.25) is 0 Å². The SMILES string of the molecule is Cc1ccc2c(c1)c1cc(C)ccc1n2-c1cccc(-c2nnc(-c3ccccc3)o2)c1. The molecule has 6 rings (SSSR count). The van der Waals surface area contributed by atoms with Crippen molar-refractivity contribution in [3.63, 3.8) is 0 Å². The van der Waals surface area contributed by atoms with Gasteiger partial charge in [-0.25, -0.2) is 0 Å². The fraction of sp³-hybridized carbons (Fsp3) is 0.0714. The first-order chi connectivity index (χ1) is 15.7. The molecule has 0 aliphatic rings. The van der Waals surface area contributed by atoms with Crippen LogP contribution in [0, 0.1) is 13.8 Å². The van der Waals surface area contributed by atoms with Crippen molar-refractivity contribution in [2.75, 3.05) is 0 Å². The van der Waals surface area contributed by atoms with Crippen LogP contribution < -0.4 is 0 Å². The number of aromatic nitrogens is 3. The Morgan fingerprint density at radius 1 is 0.594 bits per heavy atom. The minimum absolute atomic E-state index is 0.512. The predicted octanol–water partition coefficient (Wildman–Crippen LogP) is 7.12. The van der Waals surface area contributed by atoms with Crippen molar-refractivity contribution in [1.82, 2.24) is 14.8 Å². The third-order valence-corrected chi connectivity index (χ3v) is 5.87. The molecular formula is C28H21N3O. The van der Waals surface area contributed by atoms with Crippen LogP contribution in [0.25, 0.3) is 50.4 Å². The van der Waals surface area contributed by atoms with E-state index in [1.54, 1.807) is 0 Å². The standard InChI is InChI=1S/C28H21N3O/c1-18-11-13-25-23(15-18)24-16-19(2)12-14-26(24)31(25)22-10-6-9-21(17-22)28-30-29-27(32-28)20-7-4-3-5-8-20/h3-17H,1-2H3. The van der Waals surface area contributed by atoms with Crippen LogP contribution in [0.3, 0.4) is 0 Å². The maximum atomic E-state index is 6.00. The van der Waals surface area contributed by atoms with Gasteiger partial charge < -0.3 is 8.98 Å². The molecule has 0 radical (unpaired) electrons. The first kappa shape index (κ1) is 18.6. The van der Waals surface area contributed by atoms with Crippen molar-refractivity contribution in [3.8, 4) is 28.6 Å². The highest BCUT2D eigenvalue weighted by molar-refractivity contribution is 6.09. The lowest BCUT2D eigenvalue weighted by Gasteiger charge is -2.09. The van der Waals surface area contributed by atoms with Gasteiger partial charge in [-0.3, -0.25) is 0 Å². The molecule has 0 unspecified atom stereocenters. The van der Waals surface area contributed by atoms with Gasteiger partial charge in [0.2, 0.25) is 11.8 Å². The van der Waals surface area contributed by atoms with Crippen molar-refractivity contribution < 1.29 is 4.42 Å². The van der Waals surface area contributed by atoms with E-state index >= 15 is 0 Å². The monoisotopic (exact) mass is 415 g/mol. The van der Waals surface area contributed by atoms with Gasteiger partial charge in [0.1, 0.15) is 0 Å². The van der Waals surface area contributed by atoms with Crippen molar-refractivity contribution in [2.45, 2.75) is 13.8 Å². The van der Waals surface area contributed by atoms with Crippen LogP contribution in [0.5, 0.6) is 0 Å². The van der Waals surface area contributed by atoms with Crippen molar-refractivity contribution in [1.29, 1.82) is 0 Å². The summed E-state index contributed by atoms with van der Waals surface area (Å²) in [4.78, 5) is 0. The normalized spacial score (nSPS) is 11.4. The van der Waals surface area contributed by atoms with Gasteiger partial charge in [-0.2, -0.15) is 0 Å². The third kappa shape index (κ3) is 3.00. The van der Waals surface area contributed by atoms with E-state index in [9.17, 15) is 0 Å². The van der Waals surface area contributed by atoms with Crippen LogP contribution in [0.15, 0.2) is 95.4 Å². The molecule has 0 spiro atoms. The number of fused-ring (bicyclic) bond motifs is 3. The van der Waals surface area contributed by atoms with Crippen LogP contribution in [-0.4, -0.2) is 14.8 Å². The molecule has 0 fully saturated rings. The quantitative estimate of drug-likeness (QED) is 0.309. The first-order valence-corrected chi connectivity index (χ1v) is 10.7. The molecule has 2 aromatic heterocycles. The Kier molecular flexibility index (Phi) is 4.18. The lowest BCUT2D eigenvalue weighted by Crippen LogP contribution is -1.94. The van der Waals surface area contributed by atoms with Crippen molar-refractivity contribution >= 4 is 21.8 Å². The zero-order valence-electron chi connectivity index (χ0n) is 17.9. The second-order valence-corrected chi connectivity index (χ2v) is 8.21. The summed E-state index contributed by atoms with van der Waals surface area (Å²) in [6, 6.07) is 31.4. The van der Waals surface area contributed by atoms with E-state index in [2.05, 4.69) is 77.1 Å². The summed E-state index contributed by atoms with van der Waals surface area (Å²) in [5.41, 5.74) is 7.75. The minimum Gasteiger partial charge on any atom is -0.416 e. The zero-order chi connectivity index (χ0) is 21.7. The highest BCUT2D eigenvalue weighted by Gasteiger charge is 2.15. The van der Waals surface area contributed by atoms with Gasteiger partial charge in [0.15, 0.2) is 0 Å². The average molecular weight is 415 g/mol. The Labute approximate surface area is 185 Å². The second kappa shape index (κ2) is 7.20. The average Bonchev–Trinajstić information content (AvgIpc) is 3.43. The molecule has 2 heterocycles. The molecule has 4 nitrogen and oxygen atoms in total. The fourth-order valence-electron chi connectivity index (χ4n) is 4.34. The summed E-state index contributed by atoms with van der Waals surface area (Å²) in [7, 11) is 0.